The zero-order valence-electron chi connectivity index (χ0n) is 12.9. The predicted molar refractivity (Wildman–Crippen MR) is 93.2 cm³/mol. The molecule has 0 saturated heterocycles. The van der Waals surface area contributed by atoms with Crippen molar-refractivity contribution in [2.45, 2.75) is 32.5 Å². The molecule has 112 valence electrons. The van der Waals surface area contributed by atoms with Gasteiger partial charge in [0.25, 0.3) is 0 Å². The SMILES string of the molecule is Cc1ccc(C(C(C)N)N(C)Cc2ccc(Br)cc2)cc1. The van der Waals surface area contributed by atoms with E-state index in [1.54, 1.807) is 0 Å². The Morgan fingerprint density at radius 2 is 1.62 bits per heavy atom. The van der Waals surface area contributed by atoms with Gasteiger partial charge in [0, 0.05) is 23.1 Å². The zero-order valence-corrected chi connectivity index (χ0v) is 14.5. The number of likely N-dealkylation sites (N-methyl/N-ethyl adjacent to an activating group) is 1. The summed E-state index contributed by atoms with van der Waals surface area (Å²) in [6.07, 6.45) is 0. The van der Waals surface area contributed by atoms with E-state index in [9.17, 15) is 0 Å². The van der Waals surface area contributed by atoms with Crippen LogP contribution in [-0.2, 0) is 6.54 Å². The van der Waals surface area contributed by atoms with Gasteiger partial charge in [0.15, 0.2) is 0 Å². The lowest BCUT2D eigenvalue weighted by Gasteiger charge is -2.31. The van der Waals surface area contributed by atoms with Crippen LogP contribution in [0.5, 0.6) is 0 Å². The van der Waals surface area contributed by atoms with E-state index in [0.29, 0.717) is 0 Å². The number of benzene rings is 2. The van der Waals surface area contributed by atoms with Crippen LogP contribution in [-0.4, -0.2) is 18.0 Å². The third-order valence-electron chi connectivity index (χ3n) is 3.74. The molecule has 0 saturated carbocycles. The maximum atomic E-state index is 6.24. The summed E-state index contributed by atoms with van der Waals surface area (Å²) in [5.41, 5.74) is 10.1. The number of hydrogen-bond donors (Lipinski definition) is 1. The Hall–Kier alpha value is -1.16. The van der Waals surface area contributed by atoms with Crippen molar-refractivity contribution >= 4 is 15.9 Å². The Labute approximate surface area is 136 Å². The van der Waals surface area contributed by atoms with Crippen molar-refractivity contribution in [2.24, 2.45) is 5.73 Å². The van der Waals surface area contributed by atoms with Gasteiger partial charge in [-0.05, 0) is 44.2 Å². The number of halogens is 1. The third kappa shape index (κ3) is 4.40. The van der Waals surface area contributed by atoms with Crippen molar-refractivity contribution in [3.8, 4) is 0 Å². The molecule has 0 spiro atoms. The van der Waals surface area contributed by atoms with Gasteiger partial charge in [-0.2, -0.15) is 0 Å². The predicted octanol–water partition coefficient (Wildman–Crippen LogP) is 4.28. The van der Waals surface area contributed by atoms with E-state index in [4.69, 9.17) is 5.73 Å². The molecule has 0 radical (unpaired) electrons. The summed E-state index contributed by atoms with van der Waals surface area (Å²) in [5, 5.41) is 0. The highest BCUT2D eigenvalue weighted by Crippen LogP contribution is 2.24. The second kappa shape index (κ2) is 7.21. The van der Waals surface area contributed by atoms with E-state index in [1.807, 2.05) is 0 Å². The third-order valence-corrected chi connectivity index (χ3v) is 4.27. The van der Waals surface area contributed by atoms with Crippen LogP contribution in [0.4, 0.5) is 0 Å². The topological polar surface area (TPSA) is 29.3 Å². The van der Waals surface area contributed by atoms with Gasteiger partial charge in [-0.3, -0.25) is 4.90 Å². The lowest BCUT2D eigenvalue weighted by atomic mass is 9.98. The molecule has 0 aliphatic rings. The Kier molecular flexibility index (Phi) is 5.57. The molecule has 0 aromatic heterocycles. The molecule has 0 amide bonds. The van der Waals surface area contributed by atoms with E-state index in [-0.39, 0.29) is 12.1 Å². The van der Waals surface area contributed by atoms with Gasteiger partial charge in [0.2, 0.25) is 0 Å². The minimum absolute atomic E-state index is 0.0770. The summed E-state index contributed by atoms with van der Waals surface area (Å²) >= 11 is 3.47. The van der Waals surface area contributed by atoms with Crippen LogP contribution in [0.25, 0.3) is 0 Å². The van der Waals surface area contributed by atoms with E-state index in [2.05, 4.69) is 90.3 Å². The summed E-state index contributed by atoms with van der Waals surface area (Å²) in [4.78, 5) is 2.32. The molecule has 2 N–H and O–H groups in total. The fraction of sp³-hybridized carbons (Fsp3) is 0.333. The molecule has 21 heavy (non-hydrogen) atoms. The fourth-order valence-electron chi connectivity index (χ4n) is 2.70. The molecule has 2 nitrogen and oxygen atoms in total. The van der Waals surface area contributed by atoms with E-state index >= 15 is 0 Å². The standard InChI is InChI=1S/C18H23BrN2/c1-13-4-8-16(9-5-13)18(14(2)20)21(3)12-15-6-10-17(19)11-7-15/h4-11,14,18H,12,20H2,1-3H3. The van der Waals surface area contributed by atoms with Gasteiger partial charge in [-0.15, -0.1) is 0 Å². The summed E-state index contributed by atoms with van der Waals surface area (Å²) in [6.45, 7) is 5.06. The maximum absolute atomic E-state index is 6.24. The molecule has 0 aliphatic heterocycles. The number of aryl methyl sites for hydroxylation is 1. The summed E-state index contributed by atoms with van der Waals surface area (Å²) in [5.74, 6) is 0. The van der Waals surface area contributed by atoms with Crippen LogP contribution in [0, 0.1) is 6.92 Å². The van der Waals surface area contributed by atoms with Crippen LogP contribution >= 0.6 is 15.9 Å². The molecular formula is C18H23BrN2. The molecule has 2 aromatic rings. The largest absolute Gasteiger partial charge is 0.326 e. The molecule has 0 bridgehead atoms. The highest BCUT2D eigenvalue weighted by atomic mass is 79.9. The Bertz CT molecular complexity index is 561. The van der Waals surface area contributed by atoms with Gasteiger partial charge in [-0.25, -0.2) is 0 Å². The average molecular weight is 347 g/mol. The molecule has 0 aliphatic carbocycles. The number of hydrogen-bond acceptors (Lipinski definition) is 2. The van der Waals surface area contributed by atoms with Crippen molar-refractivity contribution in [1.29, 1.82) is 0 Å². The molecule has 2 aromatic carbocycles. The van der Waals surface area contributed by atoms with Gasteiger partial charge < -0.3 is 5.73 Å². The normalized spacial score (nSPS) is 14.2. The van der Waals surface area contributed by atoms with E-state index in [1.165, 1.54) is 16.7 Å². The molecule has 2 unspecified atom stereocenters. The molecule has 3 heteroatoms. The van der Waals surface area contributed by atoms with Crippen LogP contribution in [0.15, 0.2) is 53.0 Å². The first kappa shape index (κ1) is 16.2. The first-order valence-corrected chi connectivity index (χ1v) is 8.03. The van der Waals surface area contributed by atoms with E-state index in [0.717, 1.165) is 11.0 Å². The van der Waals surface area contributed by atoms with Crippen molar-refractivity contribution in [2.75, 3.05) is 7.05 Å². The highest BCUT2D eigenvalue weighted by molar-refractivity contribution is 9.10. The minimum Gasteiger partial charge on any atom is -0.326 e. The van der Waals surface area contributed by atoms with Gasteiger partial charge in [0.1, 0.15) is 0 Å². The second-order valence-corrected chi connectivity index (χ2v) is 6.67. The second-order valence-electron chi connectivity index (χ2n) is 5.76. The Morgan fingerprint density at radius 1 is 1.05 bits per heavy atom. The van der Waals surface area contributed by atoms with Gasteiger partial charge >= 0.3 is 0 Å². The molecule has 0 fully saturated rings. The summed E-state index contributed by atoms with van der Waals surface area (Å²) in [6, 6.07) is 17.4. The molecule has 2 rings (SSSR count). The summed E-state index contributed by atoms with van der Waals surface area (Å²) < 4.78 is 1.11. The lowest BCUT2D eigenvalue weighted by Crippen LogP contribution is -2.36. The fourth-order valence-corrected chi connectivity index (χ4v) is 2.96. The minimum atomic E-state index is 0.0770. The molecular weight excluding hydrogens is 324 g/mol. The number of nitrogens with two attached hydrogens (primary N) is 1. The van der Waals surface area contributed by atoms with Crippen molar-refractivity contribution in [3.63, 3.8) is 0 Å². The maximum Gasteiger partial charge on any atom is 0.0496 e. The van der Waals surface area contributed by atoms with Gasteiger partial charge in [0.05, 0.1) is 0 Å². The smallest absolute Gasteiger partial charge is 0.0496 e. The van der Waals surface area contributed by atoms with Crippen LogP contribution in [0.3, 0.4) is 0 Å². The Morgan fingerprint density at radius 3 is 2.14 bits per heavy atom. The monoisotopic (exact) mass is 346 g/mol. The quantitative estimate of drug-likeness (QED) is 0.875. The first-order chi connectivity index (χ1) is 9.97. The highest BCUT2D eigenvalue weighted by Gasteiger charge is 2.21. The van der Waals surface area contributed by atoms with E-state index < -0.39 is 0 Å². The van der Waals surface area contributed by atoms with Gasteiger partial charge in [-0.1, -0.05) is 57.9 Å². The molecule has 0 heterocycles. The van der Waals surface area contributed by atoms with Crippen LogP contribution < -0.4 is 5.73 Å². The first-order valence-electron chi connectivity index (χ1n) is 7.24. The Balaban J connectivity index is 2.17. The average Bonchev–Trinajstić information content (AvgIpc) is 2.43. The number of nitrogens with zero attached hydrogens (tertiary/aromatic N) is 1. The van der Waals surface area contributed by atoms with Crippen LogP contribution in [0.2, 0.25) is 0 Å². The van der Waals surface area contributed by atoms with Crippen molar-refractivity contribution in [1.82, 2.24) is 4.90 Å². The summed E-state index contributed by atoms with van der Waals surface area (Å²) in [7, 11) is 2.13. The van der Waals surface area contributed by atoms with Crippen molar-refractivity contribution < 1.29 is 0 Å². The zero-order chi connectivity index (χ0) is 15.4. The van der Waals surface area contributed by atoms with Crippen molar-refractivity contribution in [3.05, 3.63) is 69.7 Å². The number of rotatable bonds is 5. The van der Waals surface area contributed by atoms with Crippen LogP contribution in [0.1, 0.15) is 29.7 Å². The lowest BCUT2D eigenvalue weighted by molar-refractivity contribution is 0.211. The molecule has 2 atom stereocenters.